The topological polar surface area (TPSA) is 28.4 Å². The number of rotatable bonds is 4. The van der Waals surface area contributed by atoms with Gasteiger partial charge in [-0.25, -0.2) is 0 Å². The Hall–Kier alpha value is -1.32. The van der Waals surface area contributed by atoms with Gasteiger partial charge in [-0.05, 0) is 6.07 Å². The van der Waals surface area contributed by atoms with Crippen LogP contribution in [0, 0.1) is 0 Å². The van der Waals surface area contributed by atoms with E-state index >= 15 is 0 Å². The van der Waals surface area contributed by atoms with E-state index in [0.717, 1.165) is 24.3 Å². The number of furan rings is 1. The molecule has 0 bridgehead atoms. The van der Waals surface area contributed by atoms with Crippen molar-refractivity contribution in [3.05, 3.63) is 35.6 Å². The zero-order valence-electron chi connectivity index (χ0n) is 10.1. The Balaban J connectivity index is 2.39. The fourth-order valence-electron chi connectivity index (χ4n) is 1.87. The Kier molecular flexibility index (Phi) is 3.27. The van der Waals surface area contributed by atoms with E-state index < -0.39 is 0 Å². The zero-order valence-corrected chi connectivity index (χ0v) is 10.1. The van der Waals surface area contributed by atoms with Gasteiger partial charge < -0.3 is 4.42 Å². The molecule has 1 heterocycles. The third-order valence-electron chi connectivity index (χ3n) is 2.68. The third-order valence-corrected chi connectivity index (χ3v) is 2.68. The molecule has 0 aliphatic rings. The van der Waals surface area contributed by atoms with Crippen LogP contribution < -0.4 is 5.43 Å². The summed E-state index contributed by atoms with van der Waals surface area (Å²) in [4.78, 5) is 0. The van der Waals surface area contributed by atoms with E-state index in [-0.39, 0.29) is 0 Å². The number of hydrogen-bond acceptors (Lipinski definition) is 3. The molecule has 0 spiro atoms. The van der Waals surface area contributed by atoms with Crippen LogP contribution in [0.4, 0.5) is 0 Å². The molecule has 3 heteroatoms. The quantitative estimate of drug-likeness (QED) is 0.799. The summed E-state index contributed by atoms with van der Waals surface area (Å²) >= 11 is 0. The Morgan fingerprint density at radius 1 is 1.25 bits per heavy atom. The number of benzene rings is 1. The largest absolute Gasteiger partial charge is 0.461 e. The van der Waals surface area contributed by atoms with E-state index in [1.165, 1.54) is 10.9 Å². The Morgan fingerprint density at radius 3 is 2.69 bits per heavy atom. The smallest absolute Gasteiger partial charge is 0.134 e. The van der Waals surface area contributed by atoms with Crippen molar-refractivity contribution in [2.45, 2.75) is 19.9 Å². The van der Waals surface area contributed by atoms with Gasteiger partial charge in [-0.15, -0.1) is 0 Å². The van der Waals surface area contributed by atoms with Crippen LogP contribution in [0.15, 0.2) is 28.7 Å². The molecule has 2 rings (SSSR count). The van der Waals surface area contributed by atoms with Crippen molar-refractivity contribution in [1.29, 1.82) is 0 Å². The van der Waals surface area contributed by atoms with Crippen LogP contribution in [0.1, 0.15) is 18.2 Å². The van der Waals surface area contributed by atoms with E-state index in [0.29, 0.717) is 0 Å². The standard InChI is InChI=1S/C13H18N2O/c1-4-12-11(9-14-15(2)3)10-7-5-6-8-13(10)16-12/h5-8,14H,4,9H2,1-3H3. The summed E-state index contributed by atoms with van der Waals surface area (Å²) in [7, 11) is 3.99. The van der Waals surface area contributed by atoms with Gasteiger partial charge in [0.15, 0.2) is 0 Å². The molecule has 2 aromatic rings. The monoisotopic (exact) mass is 218 g/mol. The highest BCUT2D eigenvalue weighted by Crippen LogP contribution is 2.25. The summed E-state index contributed by atoms with van der Waals surface area (Å²) < 4.78 is 5.82. The van der Waals surface area contributed by atoms with Crippen LogP contribution >= 0.6 is 0 Å². The average Bonchev–Trinajstić information content (AvgIpc) is 2.64. The summed E-state index contributed by atoms with van der Waals surface area (Å²) in [5.74, 6) is 1.08. The van der Waals surface area contributed by atoms with E-state index in [9.17, 15) is 0 Å². The van der Waals surface area contributed by atoms with E-state index in [1.54, 1.807) is 0 Å². The maximum atomic E-state index is 5.82. The highest BCUT2D eigenvalue weighted by molar-refractivity contribution is 5.82. The Labute approximate surface area is 96.0 Å². The van der Waals surface area contributed by atoms with Crippen molar-refractivity contribution in [1.82, 2.24) is 10.4 Å². The first-order valence-electron chi connectivity index (χ1n) is 5.62. The van der Waals surface area contributed by atoms with Crippen molar-refractivity contribution >= 4 is 11.0 Å². The molecule has 1 aromatic heterocycles. The zero-order chi connectivity index (χ0) is 11.5. The predicted octanol–water partition coefficient (Wildman–Crippen LogP) is 2.56. The molecule has 0 unspecified atom stereocenters. The highest BCUT2D eigenvalue weighted by atomic mass is 16.3. The van der Waals surface area contributed by atoms with Crippen molar-refractivity contribution in [2.75, 3.05) is 14.1 Å². The lowest BCUT2D eigenvalue weighted by Gasteiger charge is -2.11. The molecule has 0 saturated heterocycles. The average molecular weight is 218 g/mol. The van der Waals surface area contributed by atoms with Crippen LogP contribution in [0.2, 0.25) is 0 Å². The first-order valence-corrected chi connectivity index (χ1v) is 5.62. The molecule has 0 amide bonds. The molecule has 16 heavy (non-hydrogen) atoms. The molecule has 0 aliphatic carbocycles. The number of nitrogens with zero attached hydrogens (tertiary/aromatic N) is 1. The summed E-state index contributed by atoms with van der Waals surface area (Å²) in [6.07, 6.45) is 0.930. The van der Waals surface area contributed by atoms with E-state index in [2.05, 4.69) is 24.5 Å². The summed E-state index contributed by atoms with van der Waals surface area (Å²) in [6, 6.07) is 8.20. The Morgan fingerprint density at radius 2 is 2.00 bits per heavy atom. The lowest BCUT2D eigenvalue weighted by molar-refractivity contribution is 0.285. The minimum Gasteiger partial charge on any atom is -0.461 e. The van der Waals surface area contributed by atoms with Gasteiger partial charge in [0.25, 0.3) is 0 Å². The highest BCUT2D eigenvalue weighted by Gasteiger charge is 2.11. The van der Waals surface area contributed by atoms with E-state index in [1.807, 2.05) is 31.2 Å². The second-order valence-corrected chi connectivity index (χ2v) is 4.08. The molecule has 0 aliphatic heterocycles. The molecule has 0 atom stereocenters. The first kappa shape index (κ1) is 11.2. The van der Waals surface area contributed by atoms with Crippen molar-refractivity contribution in [3.8, 4) is 0 Å². The SMILES string of the molecule is CCc1oc2ccccc2c1CNN(C)C. The van der Waals surface area contributed by atoms with Gasteiger partial charge in [0, 0.05) is 38.0 Å². The molecular formula is C13H18N2O. The second-order valence-electron chi connectivity index (χ2n) is 4.08. The lowest BCUT2D eigenvalue weighted by atomic mass is 10.1. The van der Waals surface area contributed by atoms with Crippen LogP contribution in [0.5, 0.6) is 0 Å². The van der Waals surface area contributed by atoms with Gasteiger partial charge >= 0.3 is 0 Å². The minimum atomic E-state index is 0.813. The summed E-state index contributed by atoms with van der Waals surface area (Å²) in [6.45, 7) is 2.93. The fourth-order valence-corrected chi connectivity index (χ4v) is 1.87. The van der Waals surface area contributed by atoms with Crippen LogP contribution in [-0.2, 0) is 13.0 Å². The van der Waals surface area contributed by atoms with Crippen molar-refractivity contribution < 1.29 is 4.42 Å². The van der Waals surface area contributed by atoms with Crippen LogP contribution in [0.25, 0.3) is 11.0 Å². The van der Waals surface area contributed by atoms with Gasteiger partial charge in [-0.2, -0.15) is 0 Å². The fraction of sp³-hybridized carbons (Fsp3) is 0.385. The van der Waals surface area contributed by atoms with Gasteiger partial charge in [0.1, 0.15) is 11.3 Å². The molecule has 1 N–H and O–H groups in total. The molecule has 0 fully saturated rings. The van der Waals surface area contributed by atoms with Crippen LogP contribution in [0.3, 0.4) is 0 Å². The van der Waals surface area contributed by atoms with Crippen molar-refractivity contribution in [3.63, 3.8) is 0 Å². The molecule has 1 aromatic carbocycles. The van der Waals surface area contributed by atoms with Gasteiger partial charge in [-0.3, -0.25) is 10.4 Å². The molecule has 3 nitrogen and oxygen atoms in total. The minimum absolute atomic E-state index is 0.813. The van der Waals surface area contributed by atoms with Gasteiger partial charge in [0.05, 0.1) is 0 Å². The number of fused-ring (bicyclic) bond motifs is 1. The normalized spacial score (nSPS) is 11.5. The number of hydrazine groups is 1. The second kappa shape index (κ2) is 4.68. The summed E-state index contributed by atoms with van der Waals surface area (Å²) in [5.41, 5.74) is 5.54. The number of nitrogens with one attached hydrogen (secondary N) is 1. The lowest BCUT2D eigenvalue weighted by Crippen LogP contribution is -2.29. The number of hydrogen-bond donors (Lipinski definition) is 1. The maximum Gasteiger partial charge on any atom is 0.134 e. The van der Waals surface area contributed by atoms with Gasteiger partial charge in [0.2, 0.25) is 0 Å². The molecule has 0 saturated carbocycles. The van der Waals surface area contributed by atoms with Crippen LogP contribution in [-0.4, -0.2) is 19.1 Å². The first-order chi connectivity index (χ1) is 7.72. The maximum absolute atomic E-state index is 5.82. The number of aryl methyl sites for hydroxylation is 1. The predicted molar refractivity (Wildman–Crippen MR) is 66.1 cm³/mol. The van der Waals surface area contributed by atoms with Crippen molar-refractivity contribution in [2.24, 2.45) is 0 Å². The summed E-state index contributed by atoms with van der Waals surface area (Å²) in [5, 5.41) is 3.18. The molecule has 0 radical (unpaired) electrons. The molecular weight excluding hydrogens is 200 g/mol. The molecule has 86 valence electrons. The van der Waals surface area contributed by atoms with Gasteiger partial charge in [-0.1, -0.05) is 25.1 Å². The van der Waals surface area contributed by atoms with E-state index in [4.69, 9.17) is 4.42 Å². The Bertz CT molecular complexity index is 474. The number of para-hydroxylation sites is 1. The third kappa shape index (κ3) is 2.10.